The minimum absolute atomic E-state index is 0.376. The number of nitrogens with zero attached hydrogens (tertiary/aromatic N) is 15. The van der Waals surface area contributed by atoms with Gasteiger partial charge in [-0.1, -0.05) is 146 Å². The largest absolute Gasteiger partial charge is 0.383 e. The Kier molecular flexibility index (Phi) is 18.8. The van der Waals surface area contributed by atoms with Crippen molar-refractivity contribution in [1.29, 1.82) is 0 Å². The Morgan fingerprint density at radius 1 is 0.407 bits per heavy atom. The van der Waals surface area contributed by atoms with Crippen LogP contribution in [0.1, 0.15) is 73.8 Å². The quantitative estimate of drug-likeness (QED) is 0.0697. The summed E-state index contributed by atoms with van der Waals surface area (Å²) in [6.45, 7) is 9.94. The van der Waals surface area contributed by atoms with E-state index in [0.29, 0.717) is 53.3 Å². The molecule has 2 aliphatic heterocycles. The van der Waals surface area contributed by atoms with Crippen molar-refractivity contribution in [1.82, 2.24) is 78.1 Å². The number of benzene rings is 6. The van der Waals surface area contributed by atoms with Crippen LogP contribution < -0.4 is 22.5 Å². The summed E-state index contributed by atoms with van der Waals surface area (Å²) in [5.41, 5.74) is 36.5. The third-order valence-corrected chi connectivity index (χ3v) is 22.8. The zero-order valence-electron chi connectivity index (χ0n) is 60.8. The summed E-state index contributed by atoms with van der Waals surface area (Å²) in [6, 6.07) is 64.2. The van der Waals surface area contributed by atoms with Crippen LogP contribution in [0.25, 0.3) is 117 Å². The fourth-order valence-electron chi connectivity index (χ4n) is 16.5. The van der Waals surface area contributed by atoms with E-state index in [1.54, 1.807) is 25.7 Å². The van der Waals surface area contributed by atoms with Crippen molar-refractivity contribution in [2.24, 2.45) is 0 Å². The maximum Gasteiger partial charge on any atom is 0.150 e. The summed E-state index contributed by atoms with van der Waals surface area (Å²) in [7, 11) is 3.94. The Labute approximate surface area is 626 Å². The van der Waals surface area contributed by atoms with Gasteiger partial charge in [0.1, 0.15) is 68.6 Å². The van der Waals surface area contributed by atoms with Crippen molar-refractivity contribution >= 4 is 66.7 Å². The van der Waals surface area contributed by atoms with Crippen molar-refractivity contribution in [3.05, 3.63) is 237 Å². The van der Waals surface area contributed by atoms with Gasteiger partial charge < -0.3 is 36.9 Å². The molecule has 5 aliphatic rings. The maximum absolute atomic E-state index is 6.44. The van der Waals surface area contributed by atoms with E-state index in [-0.39, 0.29) is 0 Å². The molecule has 0 unspecified atom stereocenters. The number of nitrogen functional groups attached to an aromatic ring is 3. The highest BCUT2D eigenvalue weighted by atomic mass is 16.5. The predicted molar refractivity (Wildman–Crippen MR) is 429 cm³/mol. The molecule has 0 spiro atoms. The van der Waals surface area contributed by atoms with Gasteiger partial charge in [-0.15, -0.1) is 0 Å². The molecule has 7 N–H and O–H groups in total. The Balaban J connectivity index is 0.000000114. The van der Waals surface area contributed by atoms with Crippen LogP contribution >= 0.6 is 0 Å². The van der Waals surface area contributed by atoms with Gasteiger partial charge in [0.2, 0.25) is 0 Å². The van der Waals surface area contributed by atoms with Gasteiger partial charge in [0.15, 0.2) is 0 Å². The third-order valence-electron chi connectivity index (χ3n) is 22.8. The zero-order chi connectivity index (χ0) is 72.8. The molecule has 2 saturated heterocycles. The number of imidazole rings is 3. The molecular weight excluding hydrogens is 1340 g/mol. The average molecular weight is 1430 g/mol. The van der Waals surface area contributed by atoms with Crippen molar-refractivity contribution in [2.45, 2.75) is 74.4 Å². The molecule has 3 saturated carbocycles. The Morgan fingerprint density at radius 3 is 1.13 bits per heavy atom. The van der Waals surface area contributed by atoms with Crippen LogP contribution in [0.4, 0.5) is 17.5 Å². The standard InChI is InChI=1S/C30H31N7.C29H28N6O.C28H28N6O/c1-35-13-15-36(16-14-35)24-17-23(18-24)30-34-27(28-29(31)32-11-12-37(28)30)22-8-7-21-9-10-25(33-26(21)19-22)20-5-3-2-4-6-20;30-28-27-26(21-7-6-20-8-9-24(32-25(20)18-21)19-4-2-1-3-5-19)33-29(35(27)11-10-31-28)22-16-23(17-22)34-12-14-36-15-13-34;1-35-14-12-30-22-15-21(16-22)28-33-25(26-27(29)31-11-13-34(26)28)20-8-7-19-9-10-23(32-24(19)17-20)18-5-3-2-4-6-18/h2-12,19,23-24H,13-18H2,1H3,(H2,31,32);1-11,18,22-23H,12-17H2,(H2,30,31);2-11,13,17,21-22,30H,12,14-16H2,1H3,(H2,29,31). The third kappa shape index (κ3) is 13.5. The summed E-state index contributed by atoms with van der Waals surface area (Å²) in [6.07, 6.45) is 17.9. The number of piperazine rings is 1. The van der Waals surface area contributed by atoms with Gasteiger partial charge in [0, 0.05) is 176 Å². The number of anilines is 3. The fourth-order valence-corrected chi connectivity index (χ4v) is 16.5. The van der Waals surface area contributed by atoms with Gasteiger partial charge >= 0.3 is 0 Å². The molecule has 0 amide bonds. The van der Waals surface area contributed by atoms with E-state index in [0.717, 1.165) is 238 Å². The van der Waals surface area contributed by atoms with Gasteiger partial charge in [-0.2, -0.15) is 0 Å². The first kappa shape index (κ1) is 68.4. The highest BCUT2D eigenvalue weighted by molar-refractivity contribution is 5.94. The van der Waals surface area contributed by atoms with Crippen LogP contribution in [0, 0.1) is 0 Å². The number of fused-ring (bicyclic) bond motifs is 6. The number of methoxy groups -OCH3 is 1. The number of hydrogen-bond donors (Lipinski definition) is 4. The number of nitrogens with two attached hydrogens (primary N) is 3. The minimum Gasteiger partial charge on any atom is -0.383 e. The summed E-state index contributed by atoms with van der Waals surface area (Å²) in [5.74, 6) is 5.92. The molecule has 108 heavy (non-hydrogen) atoms. The van der Waals surface area contributed by atoms with Crippen molar-refractivity contribution in [2.75, 3.05) is 97.0 Å². The number of likely N-dealkylation sites (N-methyl/N-ethyl adjacent to an activating group) is 1. The first-order valence-electron chi connectivity index (χ1n) is 37.8. The average Bonchev–Trinajstić information content (AvgIpc) is 1.60. The number of pyridine rings is 3. The molecule has 3 aliphatic carbocycles. The van der Waals surface area contributed by atoms with Crippen LogP contribution in [0.3, 0.4) is 0 Å². The van der Waals surface area contributed by atoms with E-state index in [1.165, 1.54) is 0 Å². The second-order valence-corrected chi connectivity index (χ2v) is 29.4. The fraction of sp³-hybridized carbons (Fsp3) is 0.276. The van der Waals surface area contributed by atoms with Crippen LogP contribution in [-0.4, -0.2) is 171 Å². The van der Waals surface area contributed by atoms with E-state index in [4.69, 9.17) is 56.6 Å². The van der Waals surface area contributed by atoms with Crippen molar-refractivity contribution < 1.29 is 9.47 Å². The molecule has 20 rings (SSSR count). The van der Waals surface area contributed by atoms with Gasteiger partial charge in [0.05, 0.1) is 53.5 Å². The van der Waals surface area contributed by atoms with Crippen LogP contribution in [-0.2, 0) is 9.47 Å². The van der Waals surface area contributed by atoms with Gasteiger partial charge in [-0.3, -0.25) is 23.0 Å². The van der Waals surface area contributed by atoms with Gasteiger partial charge in [-0.25, -0.2) is 44.9 Å². The van der Waals surface area contributed by atoms with Crippen LogP contribution in [0.2, 0.25) is 0 Å². The normalized spacial score (nSPS) is 19.7. The lowest BCUT2D eigenvalue weighted by atomic mass is 9.78. The van der Waals surface area contributed by atoms with Crippen LogP contribution in [0.15, 0.2) is 219 Å². The lowest BCUT2D eigenvalue weighted by Crippen LogP contribution is -2.52. The highest BCUT2D eigenvalue weighted by Gasteiger charge is 2.40. The molecule has 0 bridgehead atoms. The minimum atomic E-state index is 0.376. The summed E-state index contributed by atoms with van der Waals surface area (Å²) < 4.78 is 17.1. The smallest absolute Gasteiger partial charge is 0.150 e. The Morgan fingerprint density at radius 2 is 0.759 bits per heavy atom. The molecule has 9 aromatic heterocycles. The summed E-state index contributed by atoms with van der Waals surface area (Å²) >= 11 is 0. The molecule has 0 radical (unpaired) electrons. The van der Waals surface area contributed by atoms with E-state index in [2.05, 4.69) is 183 Å². The molecule has 0 atom stereocenters. The number of aromatic nitrogens is 12. The predicted octanol–water partition coefficient (Wildman–Crippen LogP) is 14.1. The van der Waals surface area contributed by atoms with Crippen molar-refractivity contribution in [3.8, 4) is 67.5 Å². The lowest BCUT2D eigenvalue weighted by Gasteiger charge is -2.45. The van der Waals surface area contributed by atoms with Gasteiger partial charge in [-0.05, 0) is 82.0 Å². The lowest BCUT2D eigenvalue weighted by molar-refractivity contribution is -0.00778. The molecular formula is C87H87N19O2. The van der Waals surface area contributed by atoms with Gasteiger partial charge in [0.25, 0.3) is 0 Å². The number of ether oxygens (including phenoxy) is 2. The number of nitrogens with one attached hydrogen (secondary N) is 1. The Bertz CT molecular complexity index is 5740. The first-order valence-corrected chi connectivity index (χ1v) is 37.8. The van der Waals surface area contributed by atoms with E-state index < -0.39 is 0 Å². The molecule has 6 aromatic carbocycles. The molecule has 21 nitrogen and oxygen atoms in total. The highest BCUT2D eigenvalue weighted by Crippen LogP contribution is 2.46. The monoisotopic (exact) mass is 1430 g/mol. The summed E-state index contributed by atoms with van der Waals surface area (Å²) in [5, 5.41) is 6.84. The second kappa shape index (κ2) is 29.7. The van der Waals surface area contributed by atoms with Crippen LogP contribution in [0.5, 0.6) is 0 Å². The molecule has 15 aromatic rings. The van der Waals surface area contributed by atoms with E-state index in [9.17, 15) is 0 Å². The maximum atomic E-state index is 6.44. The van der Waals surface area contributed by atoms with E-state index in [1.807, 2.05) is 73.2 Å². The summed E-state index contributed by atoms with van der Waals surface area (Å²) in [4.78, 5) is 51.2. The molecule has 11 heterocycles. The topological polar surface area (TPSA) is 248 Å². The number of rotatable bonds is 15. The SMILES string of the molecule is CN1CCN(C2CC(c3nc(-c4ccc5ccc(-c6ccccc6)nc5c4)c4c(N)nccn34)C2)CC1.COCCNC1CC(c2nc(-c3ccc4ccc(-c5ccccc5)nc4c3)c3c(N)nccn23)C1.Nc1nccn2c(C3CC(N4CCOCC4)C3)nc(-c3ccc4ccc(-c5ccccc5)nc4c3)c12. The first-order chi connectivity index (χ1) is 53.1. The second-order valence-electron chi connectivity index (χ2n) is 29.4. The van der Waals surface area contributed by atoms with E-state index >= 15 is 0 Å². The molecule has 5 fully saturated rings. The molecule has 21 heteroatoms. The number of hydrogen-bond acceptors (Lipinski definition) is 18. The number of morpholine rings is 1. The van der Waals surface area contributed by atoms with Crippen molar-refractivity contribution in [3.63, 3.8) is 0 Å². The Hall–Kier alpha value is -11.4. The molecule has 542 valence electrons. The zero-order valence-corrected chi connectivity index (χ0v) is 60.8.